The van der Waals surface area contributed by atoms with Gasteiger partial charge >= 0.3 is 0 Å². The molecule has 15 heavy (non-hydrogen) atoms. The molecule has 2 rings (SSSR count). The van der Waals surface area contributed by atoms with Gasteiger partial charge in [-0.25, -0.2) is 0 Å². The molecule has 0 amide bonds. The first-order chi connectivity index (χ1) is 6.49. The van der Waals surface area contributed by atoms with Crippen molar-refractivity contribution in [3.8, 4) is 0 Å². The molecule has 3 unspecified atom stereocenters. The van der Waals surface area contributed by atoms with Gasteiger partial charge in [0.25, 0.3) is 0 Å². The summed E-state index contributed by atoms with van der Waals surface area (Å²) >= 11 is 0. The lowest BCUT2D eigenvalue weighted by Crippen LogP contribution is -2.01. The molecule has 3 atom stereocenters. The largest absolute Gasteiger partial charge is 0.381 e. The number of rotatable bonds is 0. The van der Waals surface area contributed by atoms with Gasteiger partial charge in [-0.1, -0.05) is 21.3 Å². The highest BCUT2D eigenvalue weighted by molar-refractivity contribution is 8.00. The summed E-state index contributed by atoms with van der Waals surface area (Å²) in [4.78, 5) is 0. The van der Waals surface area contributed by atoms with Crippen molar-refractivity contribution in [3.63, 3.8) is 0 Å². The third-order valence-electron chi connectivity index (χ3n) is 2.73. The van der Waals surface area contributed by atoms with E-state index in [0.717, 1.165) is 37.1 Å². The number of hydrogen-bond donors (Lipinski definition) is 0. The molecule has 0 saturated carbocycles. The maximum atomic E-state index is 11.1. The summed E-state index contributed by atoms with van der Waals surface area (Å²) in [5.74, 6) is 6.83. The van der Waals surface area contributed by atoms with Crippen molar-refractivity contribution in [3.05, 3.63) is 0 Å². The quantitative estimate of drug-likeness (QED) is 0.602. The van der Waals surface area contributed by atoms with E-state index in [4.69, 9.17) is 4.74 Å². The highest BCUT2D eigenvalue weighted by Crippen LogP contribution is 2.16. The molecular formula is C12H26O2S. The monoisotopic (exact) mass is 234 g/mol. The highest BCUT2D eigenvalue weighted by Gasteiger charge is 2.18. The molecule has 2 heterocycles. The molecular weight excluding hydrogens is 208 g/mol. The van der Waals surface area contributed by atoms with Crippen LogP contribution in [-0.4, -0.2) is 34.8 Å². The molecule has 0 radical (unpaired) electrons. The summed E-state index contributed by atoms with van der Waals surface area (Å²) in [7, 11) is -1.60. The summed E-state index contributed by atoms with van der Waals surface area (Å²) in [5, 5.41) is 0. The van der Waals surface area contributed by atoms with Gasteiger partial charge in [-0.2, -0.15) is 0 Å². The number of ether oxygens (including phenoxy) is 1. The van der Waals surface area contributed by atoms with E-state index in [2.05, 4.69) is 19.7 Å². The number of hydrogen-bond acceptors (Lipinski definition) is 2. The fourth-order valence-corrected chi connectivity index (χ4v) is 3.96. The van der Waals surface area contributed by atoms with Gasteiger partial charge in [0, 0.05) is 24.7 Å². The van der Waals surface area contributed by atoms with Gasteiger partial charge < -0.3 is 4.74 Å². The van der Waals surface area contributed by atoms with E-state index in [9.17, 15) is 4.21 Å². The van der Waals surface area contributed by atoms with Crippen LogP contribution in [0.1, 0.15) is 34.1 Å². The second kappa shape index (κ2) is 6.54. The van der Waals surface area contributed by atoms with Crippen molar-refractivity contribution < 1.29 is 8.95 Å². The van der Waals surface area contributed by atoms with Crippen molar-refractivity contribution in [1.82, 2.24) is 0 Å². The average Bonchev–Trinajstić information content (AvgIpc) is 2.62. The van der Waals surface area contributed by atoms with Crippen LogP contribution in [0.3, 0.4) is 0 Å². The van der Waals surface area contributed by atoms with Crippen molar-refractivity contribution >= 4 is 15.4 Å². The topological polar surface area (TPSA) is 26.3 Å². The third kappa shape index (κ3) is 6.21. The average molecular weight is 234 g/mol. The van der Waals surface area contributed by atoms with Gasteiger partial charge in [-0.3, -0.25) is 4.21 Å². The Balaban J connectivity index is 0.000000253. The van der Waals surface area contributed by atoms with E-state index < -0.39 is 9.52 Å². The summed E-state index contributed by atoms with van der Waals surface area (Å²) in [6.07, 6.45) is 2.38. The molecule has 0 aliphatic carbocycles. The zero-order valence-electron chi connectivity index (χ0n) is 9.33. The lowest BCUT2D eigenvalue weighted by Gasteiger charge is -1.94. The van der Waals surface area contributed by atoms with Crippen LogP contribution in [0.2, 0.25) is 0 Å². The van der Waals surface area contributed by atoms with Crippen LogP contribution < -0.4 is 0 Å². The molecule has 0 aromatic carbocycles. The fraction of sp³-hybridized carbons (Fsp3) is 0.917. The third-order valence-corrected chi connectivity index (χ3v) is 4.88. The van der Waals surface area contributed by atoms with Crippen molar-refractivity contribution in [2.45, 2.75) is 34.1 Å². The predicted octanol–water partition coefficient (Wildman–Crippen LogP) is 2.42. The second-order valence-corrected chi connectivity index (χ2v) is 7.37. The zero-order chi connectivity index (χ0) is 10.6. The van der Waals surface area contributed by atoms with Gasteiger partial charge in [0.05, 0.1) is 0 Å². The van der Waals surface area contributed by atoms with E-state index >= 15 is 0 Å². The molecule has 0 N–H and O–H groups in total. The molecule has 2 nitrogen and oxygen atoms in total. The molecule has 92 valence electrons. The molecule has 2 aliphatic rings. The Kier molecular flexibility index (Phi) is 6.53. The summed E-state index contributed by atoms with van der Waals surface area (Å²) < 4.78 is 16.1. The first kappa shape index (κ1) is 15.0. The SMILES string of the molecule is C.C=S1(=O)CCC(C)C1.CC1CCOC1. The van der Waals surface area contributed by atoms with Crippen LogP contribution in [-0.2, 0) is 14.3 Å². The fourth-order valence-electron chi connectivity index (χ4n) is 1.75. The Bertz CT molecular complexity index is 251. The Labute approximate surface area is 95.4 Å². The minimum atomic E-state index is -1.60. The Morgan fingerprint density at radius 2 is 1.93 bits per heavy atom. The van der Waals surface area contributed by atoms with Crippen LogP contribution in [0.25, 0.3) is 0 Å². The lowest BCUT2D eigenvalue weighted by molar-refractivity contribution is 0.188. The summed E-state index contributed by atoms with van der Waals surface area (Å²) in [5.41, 5.74) is 0. The van der Waals surface area contributed by atoms with Crippen molar-refractivity contribution in [1.29, 1.82) is 0 Å². The molecule has 3 heteroatoms. The van der Waals surface area contributed by atoms with E-state index in [1.54, 1.807) is 0 Å². The maximum Gasteiger partial charge on any atom is 0.0492 e. The highest BCUT2D eigenvalue weighted by atomic mass is 32.2. The minimum Gasteiger partial charge on any atom is -0.381 e. The van der Waals surface area contributed by atoms with Crippen LogP contribution in [0.4, 0.5) is 0 Å². The van der Waals surface area contributed by atoms with Gasteiger partial charge in [0.2, 0.25) is 0 Å². The molecule has 2 saturated heterocycles. The van der Waals surface area contributed by atoms with Crippen LogP contribution in [0.15, 0.2) is 0 Å². The van der Waals surface area contributed by atoms with E-state index in [1.807, 2.05) is 0 Å². The maximum absolute atomic E-state index is 11.1. The standard InChI is InChI=1S/C6H12OS.C5H10O.CH4/c1-6-3-4-8(2,7)5-6;1-5-2-3-6-4-5;/h6H,2-5H2,1H3;5H,2-4H2,1H3;1H4. The second-order valence-electron chi connectivity index (χ2n) is 4.70. The molecule has 2 aliphatic heterocycles. The van der Waals surface area contributed by atoms with Crippen LogP contribution in [0.5, 0.6) is 0 Å². The molecule has 0 bridgehead atoms. The van der Waals surface area contributed by atoms with E-state index in [-0.39, 0.29) is 7.43 Å². The Morgan fingerprint density at radius 1 is 1.27 bits per heavy atom. The summed E-state index contributed by atoms with van der Waals surface area (Å²) in [6, 6.07) is 0. The summed E-state index contributed by atoms with van der Waals surface area (Å²) in [6.45, 7) is 6.33. The van der Waals surface area contributed by atoms with Gasteiger partial charge in [-0.05, 0) is 40.1 Å². The predicted molar refractivity (Wildman–Crippen MR) is 70.1 cm³/mol. The lowest BCUT2D eigenvalue weighted by atomic mass is 10.2. The van der Waals surface area contributed by atoms with E-state index in [0.29, 0.717) is 5.92 Å². The van der Waals surface area contributed by atoms with Gasteiger partial charge in [-0.15, -0.1) is 0 Å². The van der Waals surface area contributed by atoms with E-state index in [1.165, 1.54) is 6.42 Å². The first-order valence-electron chi connectivity index (χ1n) is 5.40. The Morgan fingerprint density at radius 3 is 2.07 bits per heavy atom. The Hall–Kier alpha value is -0.0200. The van der Waals surface area contributed by atoms with Crippen LogP contribution in [0, 0.1) is 11.8 Å². The zero-order valence-corrected chi connectivity index (χ0v) is 10.1. The van der Waals surface area contributed by atoms with Gasteiger partial charge in [0.15, 0.2) is 0 Å². The smallest absolute Gasteiger partial charge is 0.0492 e. The molecule has 0 spiro atoms. The van der Waals surface area contributed by atoms with Crippen molar-refractivity contribution in [2.75, 3.05) is 24.7 Å². The minimum absolute atomic E-state index is 0. The van der Waals surface area contributed by atoms with Gasteiger partial charge in [0.1, 0.15) is 0 Å². The molecule has 2 fully saturated rings. The first-order valence-corrected chi connectivity index (χ1v) is 7.46. The normalized spacial score (nSPS) is 39.1. The van der Waals surface area contributed by atoms with Crippen LogP contribution >= 0.6 is 0 Å². The molecule has 0 aromatic heterocycles. The molecule has 0 aromatic rings. The van der Waals surface area contributed by atoms with Crippen molar-refractivity contribution in [2.24, 2.45) is 11.8 Å².